The lowest BCUT2D eigenvalue weighted by Gasteiger charge is -2.30. The molecular formula is C29H37NO6. The van der Waals surface area contributed by atoms with Crippen molar-refractivity contribution in [2.45, 2.75) is 77.4 Å². The van der Waals surface area contributed by atoms with Gasteiger partial charge in [-0.25, -0.2) is 4.79 Å². The third-order valence-corrected chi connectivity index (χ3v) is 5.60. The average molecular weight is 496 g/mol. The number of rotatable bonds is 4. The number of amides is 1. The minimum absolute atomic E-state index is 0.0369. The van der Waals surface area contributed by atoms with E-state index < -0.39 is 24.2 Å². The number of allylic oxidation sites excluding steroid dienone is 7. The first kappa shape index (κ1) is 28.9. The van der Waals surface area contributed by atoms with Crippen molar-refractivity contribution in [2.75, 3.05) is 0 Å². The van der Waals surface area contributed by atoms with Gasteiger partial charge in [0, 0.05) is 25.0 Å². The predicted molar refractivity (Wildman–Crippen MR) is 140 cm³/mol. The van der Waals surface area contributed by atoms with Crippen molar-refractivity contribution >= 4 is 17.7 Å². The number of ether oxygens (including phenoxy) is 2. The van der Waals surface area contributed by atoms with Gasteiger partial charge in [-0.05, 0) is 46.1 Å². The molecule has 0 aromatic carbocycles. The zero-order valence-corrected chi connectivity index (χ0v) is 21.3. The second kappa shape index (κ2) is 15.0. The van der Waals surface area contributed by atoms with Crippen molar-refractivity contribution in [1.29, 1.82) is 0 Å². The van der Waals surface area contributed by atoms with E-state index in [-0.39, 0.29) is 30.8 Å². The molecule has 0 unspecified atom stereocenters. The van der Waals surface area contributed by atoms with Gasteiger partial charge in [0.15, 0.2) is 18.1 Å². The number of aliphatic hydroxyl groups is 1. The van der Waals surface area contributed by atoms with Crippen molar-refractivity contribution in [3.8, 4) is 0 Å². The largest absolute Gasteiger partial charge is 0.454 e. The fraction of sp³-hybridized carbons (Fsp3) is 0.414. The highest BCUT2D eigenvalue weighted by Crippen LogP contribution is 2.27. The lowest BCUT2D eigenvalue weighted by atomic mass is 9.95. The van der Waals surface area contributed by atoms with Gasteiger partial charge in [0.2, 0.25) is 5.91 Å². The van der Waals surface area contributed by atoms with E-state index in [0.29, 0.717) is 12.8 Å². The number of hydrogen-bond acceptors (Lipinski definition) is 6. The third kappa shape index (κ3) is 11.0. The first-order valence-electron chi connectivity index (χ1n) is 12.2. The van der Waals surface area contributed by atoms with Crippen LogP contribution in [0.25, 0.3) is 0 Å². The van der Waals surface area contributed by atoms with Gasteiger partial charge in [0.25, 0.3) is 0 Å². The second-order valence-electron chi connectivity index (χ2n) is 9.14. The molecule has 0 spiro atoms. The molecule has 2 heterocycles. The summed E-state index contributed by atoms with van der Waals surface area (Å²) in [7, 11) is 0. The molecule has 0 aromatic rings. The van der Waals surface area contributed by atoms with E-state index in [4.69, 9.17) is 9.47 Å². The quantitative estimate of drug-likeness (QED) is 0.198. The average Bonchev–Trinajstić information content (AvgIpc) is 2.77. The van der Waals surface area contributed by atoms with Gasteiger partial charge in [-0.1, -0.05) is 65.8 Å². The number of nitrogens with one attached hydrogen (secondary N) is 1. The molecule has 0 aromatic heterocycles. The molecule has 1 saturated heterocycles. The van der Waals surface area contributed by atoms with E-state index in [2.05, 4.69) is 11.9 Å². The summed E-state index contributed by atoms with van der Waals surface area (Å²) in [5, 5.41) is 13.1. The minimum Gasteiger partial charge on any atom is -0.454 e. The minimum atomic E-state index is -1.42. The normalized spacial score (nSPS) is 25.7. The van der Waals surface area contributed by atoms with Gasteiger partial charge in [0.1, 0.15) is 0 Å². The highest BCUT2D eigenvalue weighted by atomic mass is 16.6. The maximum Gasteiger partial charge on any atom is 0.331 e. The van der Waals surface area contributed by atoms with Crippen molar-refractivity contribution in [2.24, 2.45) is 0 Å². The smallest absolute Gasteiger partial charge is 0.331 e. The van der Waals surface area contributed by atoms with Gasteiger partial charge in [-0.15, -0.1) is 0 Å². The fourth-order valence-corrected chi connectivity index (χ4v) is 3.96. The number of carbonyl (C=O) groups excluding carboxylic acids is 3. The first-order valence-corrected chi connectivity index (χ1v) is 12.2. The van der Waals surface area contributed by atoms with E-state index in [9.17, 15) is 19.5 Å². The SMILES string of the molecule is C=C1C[C@@H]2CC=CC(=O)CC(C)=CC=CC(=O)O[C@H]([C@H](O)NC(=O)/C=C\C=CC)CC(C)=C[C@H](C1)O2. The monoisotopic (exact) mass is 495 g/mol. The van der Waals surface area contributed by atoms with Crippen LogP contribution in [0.15, 0.2) is 84.1 Å². The van der Waals surface area contributed by atoms with Gasteiger partial charge >= 0.3 is 5.97 Å². The number of ketones is 1. The molecule has 36 heavy (non-hydrogen) atoms. The standard InChI is InChI=1S/C29H37NO6/c1-5-6-7-13-27(32)30-29(34)26-19-22(4)18-25-17-21(3)16-24(35-25)12-9-11-23(31)15-20(2)10-8-14-28(33)36-26/h5-11,13-14,18,24-26,29,34H,3,12,15-17,19H2,1-2,4H3,(H,30,32)/b6-5?,11-9?,13-7-,14-8?,20-10?,22-18?/t24-,25-,26-,29-/m0/s1. The Morgan fingerprint density at radius 2 is 1.94 bits per heavy atom. The van der Waals surface area contributed by atoms with Gasteiger partial charge in [-0.2, -0.15) is 0 Å². The summed E-state index contributed by atoms with van der Waals surface area (Å²) in [5.74, 6) is -1.23. The van der Waals surface area contributed by atoms with E-state index in [0.717, 1.165) is 23.1 Å². The van der Waals surface area contributed by atoms with Crippen molar-refractivity contribution in [3.05, 3.63) is 84.1 Å². The van der Waals surface area contributed by atoms with Crippen LogP contribution < -0.4 is 5.32 Å². The zero-order valence-electron chi connectivity index (χ0n) is 21.3. The summed E-state index contributed by atoms with van der Waals surface area (Å²) in [6.45, 7) is 9.61. The van der Waals surface area contributed by atoms with Crippen LogP contribution in [0, 0.1) is 0 Å². The van der Waals surface area contributed by atoms with E-state index in [1.54, 1.807) is 37.3 Å². The van der Waals surface area contributed by atoms with E-state index in [1.165, 1.54) is 18.2 Å². The lowest BCUT2D eigenvalue weighted by molar-refractivity contribution is -0.151. The summed E-state index contributed by atoms with van der Waals surface area (Å²) >= 11 is 0. The molecule has 7 heteroatoms. The van der Waals surface area contributed by atoms with E-state index >= 15 is 0 Å². The molecule has 1 fully saturated rings. The topological polar surface area (TPSA) is 102 Å². The van der Waals surface area contributed by atoms with Crippen molar-refractivity contribution < 1.29 is 29.0 Å². The summed E-state index contributed by atoms with van der Waals surface area (Å²) in [4.78, 5) is 36.8. The fourth-order valence-electron chi connectivity index (χ4n) is 3.96. The maximum absolute atomic E-state index is 12.5. The Labute approximate surface area is 213 Å². The highest BCUT2D eigenvalue weighted by Gasteiger charge is 2.26. The Hall–Kier alpha value is -3.29. The zero-order chi connectivity index (χ0) is 26.5. The van der Waals surface area contributed by atoms with Gasteiger partial charge < -0.3 is 19.9 Å². The summed E-state index contributed by atoms with van der Waals surface area (Å²) in [6.07, 6.45) is 15.6. The summed E-state index contributed by atoms with van der Waals surface area (Å²) in [5.41, 5.74) is 2.67. The van der Waals surface area contributed by atoms with Crippen molar-refractivity contribution in [1.82, 2.24) is 5.32 Å². The molecule has 194 valence electrons. The Morgan fingerprint density at radius 1 is 1.17 bits per heavy atom. The molecule has 2 N–H and O–H groups in total. The third-order valence-electron chi connectivity index (χ3n) is 5.60. The van der Waals surface area contributed by atoms with Crippen LogP contribution in [0.2, 0.25) is 0 Å². The predicted octanol–water partition coefficient (Wildman–Crippen LogP) is 4.33. The molecule has 1 amide bonds. The molecule has 4 atom stereocenters. The number of carbonyl (C=O) groups is 3. The number of esters is 1. The number of fused-ring (bicyclic) bond motifs is 2. The van der Waals surface area contributed by atoms with Crippen LogP contribution in [0.1, 0.15) is 52.9 Å². The van der Waals surface area contributed by atoms with Crippen LogP contribution in [0.3, 0.4) is 0 Å². The second-order valence-corrected chi connectivity index (χ2v) is 9.14. The van der Waals surface area contributed by atoms with Gasteiger partial charge in [-0.3, -0.25) is 9.59 Å². The Bertz CT molecular complexity index is 997. The number of aliphatic hydroxyl groups excluding tert-OH is 1. The summed E-state index contributed by atoms with van der Waals surface area (Å²) in [6, 6.07) is 0. The highest BCUT2D eigenvalue weighted by molar-refractivity contribution is 5.91. The Balaban J connectivity index is 2.28. The van der Waals surface area contributed by atoms with E-state index in [1.807, 2.05) is 26.0 Å². The molecule has 0 saturated carbocycles. The molecule has 2 aliphatic rings. The molecule has 2 bridgehead atoms. The van der Waals surface area contributed by atoms with Gasteiger partial charge in [0.05, 0.1) is 12.2 Å². The Morgan fingerprint density at radius 3 is 2.69 bits per heavy atom. The molecule has 7 nitrogen and oxygen atoms in total. The molecule has 0 radical (unpaired) electrons. The van der Waals surface area contributed by atoms with Crippen LogP contribution in [0.4, 0.5) is 0 Å². The lowest BCUT2D eigenvalue weighted by Crippen LogP contribution is -2.44. The number of hydrogen-bond donors (Lipinski definition) is 2. The van der Waals surface area contributed by atoms with Crippen LogP contribution in [-0.4, -0.2) is 47.3 Å². The summed E-state index contributed by atoms with van der Waals surface area (Å²) < 4.78 is 11.7. The maximum atomic E-state index is 12.5. The molecule has 0 aliphatic carbocycles. The Kier molecular flexibility index (Phi) is 12.0. The first-order chi connectivity index (χ1) is 17.2. The van der Waals surface area contributed by atoms with Crippen LogP contribution in [-0.2, 0) is 23.9 Å². The van der Waals surface area contributed by atoms with Crippen molar-refractivity contribution in [3.63, 3.8) is 0 Å². The molecule has 2 aliphatic heterocycles. The van der Waals surface area contributed by atoms with Crippen LogP contribution in [0.5, 0.6) is 0 Å². The number of cyclic esters (lactones) is 1. The molecule has 2 rings (SSSR count). The molecular weight excluding hydrogens is 458 g/mol. The van der Waals surface area contributed by atoms with Crippen LogP contribution >= 0.6 is 0 Å².